The molecule has 1 aliphatic rings. The van der Waals surface area contributed by atoms with Crippen LogP contribution in [-0.2, 0) is 9.84 Å². The van der Waals surface area contributed by atoms with E-state index in [1.807, 2.05) is 43.3 Å². The maximum absolute atomic E-state index is 15.2. The monoisotopic (exact) mass is 478 g/mol. The summed E-state index contributed by atoms with van der Waals surface area (Å²) in [5.41, 5.74) is 0.694. The number of piperazine rings is 1. The lowest BCUT2D eigenvalue weighted by Gasteiger charge is -2.35. The molecule has 1 fully saturated rings. The summed E-state index contributed by atoms with van der Waals surface area (Å²) < 4.78 is 69.7. The number of hydrogen-bond acceptors (Lipinski definition) is 6. The highest BCUT2D eigenvalue weighted by atomic mass is 32.2. The van der Waals surface area contributed by atoms with Crippen molar-refractivity contribution in [2.75, 3.05) is 55.2 Å². The Hall–Kier alpha value is -2.85. The lowest BCUT2D eigenvalue weighted by molar-refractivity contribution is 0.269. The van der Waals surface area contributed by atoms with Crippen LogP contribution in [0, 0.1) is 17.6 Å². The lowest BCUT2D eigenvalue weighted by Crippen LogP contribution is -2.47. The molecule has 33 heavy (non-hydrogen) atoms. The largest absolute Gasteiger partial charge is 0.384 e. The molecule has 10 heteroatoms. The Bertz CT molecular complexity index is 1260. The molecule has 0 spiro atoms. The molecule has 0 bridgehead atoms. The average Bonchev–Trinajstić information content (AvgIpc) is 2.81. The van der Waals surface area contributed by atoms with Gasteiger partial charge < -0.3 is 15.1 Å². The van der Waals surface area contributed by atoms with E-state index in [2.05, 4.69) is 15.2 Å². The van der Waals surface area contributed by atoms with Gasteiger partial charge in [0.1, 0.15) is 4.90 Å². The number of hydrogen-bond donors (Lipinski definition) is 1. The molecule has 1 aromatic heterocycles. The van der Waals surface area contributed by atoms with E-state index >= 15 is 4.39 Å². The first-order chi connectivity index (χ1) is 15.8. The minimum atomic E-state index is -4.47. The number of fused-ring (bicyclic) bond motifs is 1. The fraction of sp³-hybridized carbons (Fsp3) is 0.348. The number of benzene rings is 2. The number of nitrogens with zero attached hydrogens (tertiary/aromatic N) is 3. The summed E-state index contributed by atoms with van der Waals surface area (Å²) in [6.45, 7) is 4.55. The van der Waals surface area contributed by atoms with Gasteiger partial charge in [0.15, 0.2) is 27.3 Å². The fourth-order valence-corrected chi connectivity index (χ4v) is 5.34. The number of halogens is 3. The Morgan fingerprint density at radius 1 is 0.970 bits per heavy atom. The second-order valence-electron chi connectivity index (χ2n) is 7.88. The highest BCUT2D eigenvalue weighted by Crippen LogP contribution is 2.29. The van der Waals surface area contributed by atoms with Gasteiger partial charge in [0.05, 0.1) is 5.75 Å². The highest BCUT2D eigenvalue weighted by molar-refractivity contribution is 7.91. The first-order valence-corrected chi connectivity index (χ1v) is 12.4. The lowest BCUT2D eigenvalue weighted by atomic mass is 10.1. The van der Waals surface area contributed by atoms with Gasteiger partial charge in [-0.2, -0.15) is 9.37 Å². The van der Waals surface area contributed by atoms with Crippen LogP contribution in [0.3, 0.4) is 0 Å². The van der Waals surface area contributed by atoms with Gasteiger partial charge >= 0.3 is 0 Å². The molecule has 6 nitrogen and oxygen atoms in total. The molecule has 0 amide bonds. The van der Waals surface area contributed by atoms with E-state index in [0.29, 0.717) is 31.9 Å². The van der Waals surface area contributed by atoms with Crippen molar-refractivity contribution >= 4 is 32.1 Å². The topological polar surface area (TPSA) is 65.5 Å². The van der Waals surface area contributed by atoms with Crippen molar-refractivity contribution in [3.05, 3.63) is 60.0 Å². The van der Waals surface area contributed by atoms with Gasteiger partial charge in [-0.1, -0.05) is 43.3 Å². The Labute approximate surface area is 190 Å². The second-order valence-corrected chi connectivity index (χ2v) is 9.92. The number of sulfone groups is 1. The van der Waals surface area contributed by atoms with Crippen molar-refractivity contribution in [3.8, 4) is 0 Å². The molecule has 2 aromatic carbocycles. The van der Waals surface area contributed by atoms with E-state index in [1.165, 1.54) is 4.90 Å². The third-order valence-electron chi connectivity index (χ3n) is 5.89. The Morgan fingerprint density at radius 2 is 1.67 bits per heavy atom. The van der Waals surface area contributed by atoms with Crippen molar-refractivity contribution in [2.45, 2.75) is 11.8 Å². The summed E-state index contributed by atoms with van der Waals surface area (Å²) in [6, 6.07) is 13.1. The van der Waals surface area contributed by atoms with Crippen molar-refractivity contribution in [3.63, 3.8) is 0 Å². The average molecular weight is 479 g/mol. The van der Waals surface area contributed by atoms with Crippen LogP contribution in [0.25, 0.3) is 10.8 Å². The third kappa shape index (κ3) is 4.77. The molecular formula is C23H25F3N4O2S. The number of aromatic nitrogens is 1. The molecule has 0 atom stereocenters. The van der Waals surface area contributed by atoms with Crippen molar-refractivity contribution in [1.82, 2.24) is 9.88 Å². The maximum Gasteiger partial charge on any atom is 0.252 e. The smallest absolute Gasteiger partial charge is 0.252 e. The predicted molar refractivity (Wildman–Crippen MR) is 123 cm³/mol. The molecule has 1 aliphatic heterocycles. The van der Waals surface area contributed by atoms with Gasteiger partial charge in [0.25, 0.3) is 5.95 Å². The quantitative estimate of drug-likeness (QED) is 0.523. The van der Waals surface area contributed by atoms with Crippen molar-refractivity contribution in [1.29, 1.82) is 0 Å². The molecule has 0 unspecified atom stereocenters. The summed E-state index contributed by atoms with van der Waals surface area (Å²) in [5.74, 6) is -5.83. The van der Waals surface area contributed by atoms with Gasteiger partial charge in [-0.25, -0.2) is 17.2 Å². The van der Waals surface area contributed by atoms with Crippen molar-refractivity contribution < 1.29 is 21.6 Å². The molecule has 0 aliphatic carbocycles. The van der Waals surface area contributed by atoms with Gasteiger partial charge in [0, 0.05) is 43.8 Å². The molecule has 176 valence electrons. The summed E-state index contributed by atoms with van der Waals surface area (Å²) in [5, 5.41) is 4.86. The minimum absolute atomic E-state index is 0.107. The molecule has 2 heterocycles. The van der Waals surface area contributed by atoms with Crippen LogP contribution in [0.2, 0.25) is 0 Å². The van der Waals surface area contributed by atoms with Crippen LogP contribution in [0.4, 0.5) is 24.7 Å². The van der Waals surface area contributed by atoms with Crippen LogP contribution >= 0.6 is 0 Å². The second kappa shape index (κ2) is 9.56. The van der Waals surface area contributed by atoms with E-state index in [9.17, 15) is 17.2 Å². The molecule has 1 N–H and O–H groups in total. The first-order valence-electron chi connectivity index (χ1n) is 10.8. The third-order valence-corrected chi connectivity index (χ3v) is 7.61. The molecule has 1 saturated heterocycles. The zero-order chi connectivity index (χ0) is 23.6. The minimum Gasteiger partial charge on any atom is -0.384 e. The van der Waals surface area contributed by atoms with Crippen LogP contribution in [0.15, 0.2) is 47.4 Å². The van der Waals surface area contributed by atoms with Crippen LogP contribution < -0.4 is 10.2 Å². The van der Waals surface area contributed by atoms with Gasteiger partial charge in [-0.05, 0) is 18.0 Å². The maximum atomic E-state index is 15.2. The Kier molecular flexibility index (Phi) is 6.76. The molecule has 4 rings (SSSR count). The predicted octanol–water partition coefficient (Wildman–Crippen LogP) is 3.68. The fourth-order valence-electron chi connectivity index (χ4n) is 4.04. The molecule has 3 aromatic rings. The summed E-state index contributed by atoms with van der Waals surface area (Å²) in [6.07, 6.45) is 0. The standard InChI is InChI=1S/C23H25F3N4O2S/c1-2-29-11-13-30(14-12-29)23-20(25)21(19(24)22(26)28-23)33(31,32)15-10-27-18-9-5-7-16-6-3-4-8-17(16)18/h3-9,27H,2,10-15H2,1H3. The van der Waals surface area contributed by atoms with Crippen LogP contribution in [0.5, 0.6) is 0 Å². The zero-order valence-electron chi connectivity index (χ0n) is 18.2. The first kappa shape index (κ1) is 23.3. The molecular weight excluding hydrogens is 453 g/mol. The van der Waals surface area contributed by atoms with Gasteiger partial charge in [0.2, 0.25) is 0 Å². The van der Waals surface area contributed by atoms with E-state index in [-0.39, 0.29) is 6.54 Å². The van der Waals surface area contributed by atoms with Crippen LogP contribution in [0.1, 0.15) is 6.92 Å². The number of anilines is 2. The Balaban J connectivity index is 1.56. The van der Waals surface area contributed by atoms with E-state index in [4.69, 9.17) is 0 Å². The summed E-state index contributed by atoms with van der Waals surface area (Å²) in [7, 11) is -4.47. The van der Waals surface area contributed by atoms with E-state index in [0.717, 1.165) is 17.3 Å². The number of pyridine rings is 1. The zero-order valence-corrected chi connectivity index (χ0v) is 19.0. The van der Waals surface area contributed by atoms with Crippen molar-refractivity contribution in [2.24, 2.45) is 0 Å². The molecule has 0 radical (unpaired) electrons. The van der Waals surface area contributed by atoms with E-state index < -0.39 is 43.9 Å². The number of likely N-dealkylation sites (N-methyl/N-ethyl adjacent to an activating group) is 1. The summed E-state index contributed by atoms with van der Waals surface area (Å²) in [4.78, 5) is 5.70. The SMILES string of the molecule is CCN1CCN(c2nc(F)c(F)c(S(=O)(=O)CCNc3cccc4ccccc34)c2F)CC1. The van der Waals surface area contributed by atoms with Crippen LogP contribution in [-0.4, -0.2) is 63.3 Å². The Morgan fingerprint density at radius 3 is 2.39 bits per heavy atom. The van der Waals surface area contributed by atoms with E-state index in [1.54, 1.807) is 6.07 Å². The highest BCUT2D eigenvalue weighted by Gasteiger charge is 2.33. The normalized spacial score (nSPS) is 15.2. The number of rotatable bonds is 7. The van der Waals surface area contributed by atoms with Gasteiger partial charge in [-0.15, -0.1) is 0 Å². The molecule has 0 saturated carbocycles. The number of nitrogens with one attached hydrogen (secondary N) is 1. The summed E-state index contributed by atoms with van der Waals surface area (Å²) >= 11 is 0. The van der Waals surface area contributed by atoms with Gasteiger partial charge in [-0.3, -0.25) is 0 Å².